The number of carbonyl (C=O) groups excluding carboxylic acids is 1. The first-order valence-electron chi connectivity index (χ1n) is 9.11. The number of carbonyl (C=O) groups is 1. The van der Waals surface area contributed by atoms with Crippen LogP contribution in [0.3, 0.4) is 0 Å². The van der Waals surface area contributed by atoms with Crippen LogP contribution in [0.5, 0.6) is 0 Å². The molecule has 0 aliphatic heterocycles. The maximum atomic E-state index is 13.2. The van der Waals surface area contributed by atoms with E-state index in [0.29, 0.717) is 11.5 Å². The van der Waals surface area contributed by atoms with Crippen LogP contribution in [0.15, 0.2) is 60.7 Å². The lowest BCUT2D eigenvalue weighted by Crippen LogP contribution is -2.21. The van der Waals surface area contributed by atoms with Crippen LogP contribution in [0.4, 0.5) is 27.3 Å². The third-order valence-electron chi connectivity index (χ3n) is 4.25. The molecule has 28 heavy (non-hydrogen) atoms. The molecule has 0 fully saturated rings. The molecule has 0 bridgehead atoms. The van der Waals surface area contributed by atoms with Crippen molar-refractivity contribution >= 4 is 28.8 Å². The first-order valence-corrected chi connectivity index (χ1v) is 9.11. The van der Waals surface area contributed by atoms with Gasteiger partial charge in [-0.1, -0.05) is 6.07 Å². The van der Waals surface area contributed by atoms with Gasteiger partial charge in [0.15, 0.2) is 11.5 Å². The summed E-state index contributed by atoms with van der Waals surface area (Å²) in [6.07, 6.45) is 0. The molecule has 1 aromatic heterocycles. The maximum Gasteiger partial charge on any atom is 0.276 e. The number of anilines is 4. The van der Waals surface area contributed by atoms with Crippen LogP contribution in [0.25, 0.3) is 0 Å². The van der Waals surface area contributed by atoms with Gasteiger partial charge in [0.1, 0.15) is 5.82 Å². The van der Waals surface area contributed by atoms with Crippen LogP contribution in [0.2, 0.25) is 0 Å². The van der Waals surface area contributed by atoms with Crippen molar-refractivity contribution in [3.8, 4) is 0 Å². The number of amides is 1. The Morgan fingerprint density at radius 3 is 2.32 bits per heavy atom. The van der Waals surface area contributed by atoms with Crippen molar-refractivity contribution in [2.75, 3.05) is 28.6 Å². The second-order valence-electron chi connectivity index (χ2n) is 6.11. The topological polar surface area (TPSA) is 70.2 Å². The normalized spacial score (nSPS) is 10.4. The van der Waals surface area contributed by atoms with E-state index in [2.05, 4.69) is 39.6 Å². The zero-order valence-corrected chi connectivity index (χ0v) is 15.8. The highest BCUT2D eigenvalue weighted by Crippen LogP contribution is 2.20. The summed E-state index contributed by atoms with van der Waals surface area (Å²) in [5.74, 6) is -0.346. The van der Waals surface area contributed by atoms with Crippen molar-refractivity contribution in [3.05, 3.63) is 72.2 Å². The lowest BCUT2D eigenvalue weighted by Gasteiger charge is -2.21. The minimum absolute atomic E-state index is 0.145. The summed E-state index contributed by atoms with van der Waals surface area (Å²) in [5.41, 5.74) is 2.54. The number of hydrogen-bond donors (Lipinski definition) is 2. The summed E-state index contributed by atoms with van der Waals surface area (Å²) in [7, 11) is 0. The minimum Gasteiger partial charge on any atom is -0.372 e. The van der Waals surface area contributed by atoms with E-state index in [-0.39, 0.29) is 5.69 Å². The third kappa shape index (κ3) is 4.82. The molecule has 0 unspecified atom stereocenters. The van der Waals surface area contributed by atoms with E-state index in [9.17, 15) is 9.18 Å². The molecule has 0 aliphatic carbocycles. The lowest BCUT2D eigenvalue weighted by atomic mass is 10.2. The third-order valence-corrected chi connectivity index (χ3v) is 4.25. The van der Waals surface area contributed by atoms with Gasteiger partial charge in [0.2, 0.25) is 0 Å². The minimum atomic E-state index is -0.451. The molecule has 0 spiro atoms. The van der Waals surface area contributed by atoms with Crippen LogP contribution in [-0.2, 0) is 0 Å². The molecule has 0 saturated carbocycles. The van der Waals surface area contributed by atoms with Crippen LogP contribution in [0, 0.1) is 5.82 Å². The predicted octanol–water partition coefficient (Wildman–Crippen LogP) is 4.46. The Morgan fingerprint density at radius 2 is 1.71 bits per heavy atom. The molecule has 0 aliphatic rings. The zero-order chi connectivity index (χ0) is 19.9. The first kappa shape index (κ1) is 19.3. The van der Waals surface area contributed by atoms with E-state index >= 15 is 0 Å². The number of halogens is 1. The number of nitrogens with zero attached hydrogens (tertiary/aromatic N) is 3. The van der Waals surface area contributed by atoms with E-state index < -0.39 is 11.7 Å². The number of rotatable bonds is 7. The molecule has 3 aromatic rings. The standard InChI is InChI=1S/C21H22FN5O/c1-3-27(4-2)18-10-8-16(9-11-18)23-20-13-12-19(25-26-20)21(28)24-17-7-5-6-15(22)14-17/h5-14H,3-4H2,1-2H3,(H,23,26)(H,24,28). The van der Waals surface area contributed by atoms with Crippen molar-refractivity contribution in [2.24, 2.45) is 0 Å². The molecule has 3 rings (SSSR count). The van der Waals surface area contributed by atoms with Gasteiger partial charge in [-0.3, -0.25) is 4.79 Å². The van der Waals surface area contributed by atoms with Gasteiger partial charge in [-0.25, -0.2) is 4.39 Å². The summed E-state index contributed by atoms with van der Waals surface area (Å²) in [6.45, 7) is 6.15. The van der Waals surface area contributed by atoms with Crippen LogP contribution in [0.1, 0.15) is 24.3 Å². The maximum absolute atomic E-state index is 13.2. The van der Waals surface area contributed by atoms with Crippen molar-refractivity contribution in [2.45, 2.75) is 13.8 Å². The Morgan fingerprint density at radius 1 is 0.964 bits per heavy atom. The van der Waals surface area contributed by atoms with E-state index in [4.69, 9.17) is 0 Å². The molecule has 0 saturated heterocycles. The molecule has 0 atom stereocenters. The Hall–Kier alpha value is -3.48. The average Bonchev–Trinajstić information content (AvgIpc) is 2.71. The molecular weight excluding hydrogens is 357 g/mol. The van der Waals surface area contributed by atoms with Gasteiger partial charge in [-0.2, -0.15) is 0 Å². The first-order chi connectivity index (χ1) is 13.6. The van der Waals surface area contributed by atoms with Crippen molar-refractivity contribution < 1.29 is 9.18 Å². The van der Waals surface area contributed by atoms with Crippen LogP contribution < -0.4 is 15.5 Å². The molecule has 1 amide bonds. The average molecular weight is 379 g/mol. The zero-order valence-electron chi connectivity index (χ0n) is 15.8. The van der Waals surface area contributed by atoms with Gasteiger partial charge >= 0.3 is 0 Å². The van der Waals surface area contributed by atoms with Gasteiger partial charge in [-0.05, 0) is 68.4 Å². The summed E-state index contributed by atoms with van der Waals surface area (Å²) in [6, 6.07) is 16.9. The van der Waals surface area contributed by atoms with Gasteiger partial charge in [0.05, 0.1) is 0 Å². The number of benzene rings is 2. The number of aromatic nitrogens is 2. The number of nitrogens with one attached hydrogen (secondary N) is 2. The molecular formula is C21H22FN5O. The smallest absolute Gasteiger partial charge is 0.276 e. The molecule has 2 N–H and O–H groups in total. The van der Waals surface area contributed by atoms with Crippen molar-refractivity contribution in [1.29, 1.82) is 0 Å². The van der Waals surface area contributed by atoms with Crippen LogP contribution in [-0.4, -0.2) is 29.2 Å². The lowest BCUT2D eigenvalue weighted by molar-refractivity contribution is 0.102. The number of hydrogen-bond acceptors (Lipinski definition) is 5. The van der Waals surface area contributed by atoms with Crippen molar-refractivity contribution in [1.82, 2.24) is 10.2 Å². The van der Waals surface area contributed by atoms with Gasteiger partial charge < -0.3 is 15.5 Å². The Balaban J connectivity index is 1.63. The van der Waals surface area contributed by atoms with Gasteiger partial charge in [-0.15, -0.1) is 10.2 Å². The largest absolute Gasteiger partial charge is 0.372 e. The molecule has 1 heterocycles. The van der Waals surface area contributed by atoms with E-state index in [1.54, 1.807) is 18.2 Å². The summed E-state index contributed by atoms with van der Waals surface area (Å²) >= 11 is 0. The molecule has 0 radical (unpaired) electrons. The van der Waals surface area contributed by atoms with E-state index in [1.165, 1.54) is 18.2 Å². The van der Waals surface area contributed by atoms with Crippen LogP contribution >= 0.6 is 0 Å². The summed E-state index contributed by atoms with van der Waals surface area (Å²) in [4.78, 5) is 14.5. The summed E-state index contributed by atoms with van der Waals surface area (Å²) < 4.78 is 13.2. The fraction of sp³-hybridized carbons (Fsp3) is 0.190. The quantitative estimate of drug-likeness (QED) is 0.634. The molecule has 144 valence electrons. The van der Waals surface area contributed by atoms with E-state index in [0.717, 1.165) is 24.5 Å². The van der Waals surface area contributed by atoms with Gasteiger partial charge in [0.25, 0.3) is 5.91 Å². The molecule has 2 aromatic carbocycles. The monoisotopic (exact) mass is 379 g/mol. The fourth-order valence-electron chi connectivity index (χ4n) is 2.77. The molecule has 6 nitrogen and oxygen atoms in total. The highest BCUT2D eigenvalue weighted by atomic mass is 19.1. The highest BCUT2D eigenvalue weighted by molar-refractivity contribution is 6.02. The Labute approximate surface area is 163 Å². The fourth-order valence-corrected chi connectivity index (χ4v) is 2.77. The van der Waals surface area contributed by atoms with E-state index in [1.807, 2.05) is 24.3 Å². The Bertz CT molecular complexity index is 924. The Kier molecular flexibility index (Phi) is 6.16. The molecule has 7 heteroatoms. The summed E-state index contributed by atoms with van der Waals surface area (Å²) in [5, 5.41) is 13.7. The second-order valence-corrected chi connectivity index (χ2v) is 6.11. The van der Waals surface area contributed by atoms with Gasteiger partial charge in [0, 0.05) is 30.2 Å². The highest BCUT2D eigenvalue weighted by Gasteiger charge is 2.09. The predicted molar refractivity (Wildman–Crippen MR) is 110 cm³/mol. The second kappa shape index (κ2) is 8.94. The SMILES string of the molecule is CCN(CC)c1ccc(Nc2ccc(C(=O)Nc3cccc(F)c3)nn2)cc1. The van der Waals surface area contributed by atoms with Crippen molar-refractivity contribution in [3.63, 3.8) is 0 Å².